The van der Waals surface area contributed by atoms with Gasteiger partial charge in [0.25, 0.3) is 0 Å². The molecule has 0 radical (unpaired) electrons. The molecule has 0 saturated heterocycles. The Bertz CT molecular complexity index is 191. The predicted molar refractivity (Wildman–Crippen MR) is 60.3 cm³/mol. The number of hydrogen-bond acceptors (Lipinski definition) is 5. The van der Waals surface area contributed by atoms with E-state index in [2.05, 4.69) is 10.1 Å². The largest absolute Gasteiger partial charge is 0.453 e. The minimum Gasteiger partial charge on any atom is -0.453 e. The molecule has 1 amide bonds. The van der Waals surface area contributed by atoms with Gasteiger partial charge in [-0.3, -0.25) is 0 Å². The molecule has 6 nitrogen and oxygen atoms in total. The number of carbonyl (C=O) groups is 1. The van der Waals surface area contributed by atoms with Crippen LogP contribution >= 0.6 is 0 Å². The van der Waals surface area contributed by atoms with Gasteiger partial charge in [-0.15, -0.1) is 0 Å². The standard InChI is InChI=1S/C10H22N2O4/c1-14-6-4-10(11,5-7-15-2)8-12-9(13)16-3/h4-8,11H2,1-3H3,(H,12,13). The van der Waals surface area contributed by atoms with Gasteiger partial charge in [0, 0.05) is 39.5 Å². The molecule has 0 atom stereocenters. The van der Waals surface area contributed by atoms with E-state index in [-0.39, 0.29) is 0 Å². The fraction of sp³-hybridized carbons (Fsp3) is 0.900. The second-order valence-electron chi connectivity index (χ2n) is 3.69. The number of rotatable bonds is 8. The van der Waals surface area contributed by atoms with E-state index in [9.17, 15) is 4.79 Å². The van der Waals surface area contributed by atoms with E-state index in [1.165, 1.54) is 7.11 Å². The molecule has 0 aromatic rings. The lowest BCUT2D eigenvalue weighted by Gasteiger charge is -2.29. The molecule has 0 heterocycles. The Kier molecular flexibility index (Phi) is 7.88. The van der Waals surface area contributed by atoms with Gasteiger partial charge in [-0.05, 0) is 12.8 Å². The molecule has 0 fully saturated rings. The second-order valence-corrected chi connectivity index (χ2v) is 3.69. The van der Waals surface area contributed by atoms with E-state index in [4.69, 9.17) is 15.2 Å². The van der Waals surface area contributed by atoms with Gasteiger partial charge in [0.05, 0.1) is 7.11 Å². The van der Waals surface area contributed by atoms with E-state index in [1.54, 1.807) is 14.2 Å². The summed E-state index contributed by atoms with van der Waals surface area (Å²) in [5.74, 6) is 0. The van der Waals surface area contributed by atoms with Crippen molar-refractivity contribution in [2.24, 2.45) is 5.73 Å². The Morgan fingerprint density at radius 3 is 2.06 bits per heavy atom. The Hall–Kier alpha value is -0.850. The number of amides is 1. The monoisotopic (exact) mass is 234 g/mol. The summed E-state index contributed by atoms with van der Waals surface area (Å²) in [6, 6.07) is 0. The minimum absolute atomic E-state index is 0.340. The zero-order chi connectivity index (χ0) is 12.4. The van der Waals surface area contributed by atoms with Crippen LogP contribution in [0.4, 0.5) is 4.79 Å². The van der Waals surface area contributed by atoms with Crippen LogP contribution in [0.5, 0.6) is 0 Å². The lowest BCUT2D eigenvalue weighted by Crippen LogP contribution is -2.51. The van der Waals surface area contributed by atoms with Gasteiger partial charge in [0.15, 0.2) is 0 Å². The van der Waals surface area contributed by atoms with Crippen LogP contribution in [-0.2, 0) is 14.2 Å². The molecular formula is C10H22N2O4. The van der Waals surface area contributed by atoms with Crippen molar-refractivity contribution in [3.63, 3.8) is 0 Å². The van der Waals surface area contributed by atoms with Crippen LogP contribution in [0, 0.1) is 0 Å². The lowest BCUT2D eigenvalue weighted by atomic mass is 9.93. The van der Waals surface area contributed by atoms with Crippen LogP contribution in [0.15, 0.2) is 0 Å². The summed E-state index contributed by atoms with van der Waals surface area (Å²) in [7, 11) is 4.55. The fourth-order valence-corrected chi connectivity index (χ4v) is 1.23. The van der Waals surface area contributed by atoms with Gasteiger partial charge in [-0.2, -0.15) is 0 Å². The van der Waals surface area contributed by atoms with Gasteiger partial charge >= 0.3 is 6.09 Å². The second kappa shape index (κ2) is 8.32. The van der Waals surface area contributed by atoms with Crippen molar-refractivity contribution in [3.05, 3.63) is 0 Å². The molecule has 0 aliphatic rings. The molecule has 0 spiro atoms. The maximum absolute atomic E-state index is 11.0. The number of hydrogen-bond donors (Lipinski definition) is 2. The summed E-state index contributed by atoms with van der Waals surface area (Å²) in [6.45, 7) is 1.43. The lowest BCUT2D eigenvalue weighted by molar-refractivity contribution is 0.127. The molecule has 6 heteroatoms. The molecule has 0 aromatic heterocycles. The summed E-state index contributed by atoms with van der Waals surface area (Å²) in [4.78, 5) is 11.0. The van der Waals surface area contributed by atoms with E-state index >= 15 is 0 Å². The minimum atomic E-state index is -0.528. The third-order valence-electron chi connectivity index (χ3n) is 2.38. The molecule has 0 saturated carbocycles. The molecule has 96 valence electrons. The zero-order valence-corrected chi connectivity index (χ0v) is 10.2. The molecule has 3 N–H and O–H groups in total. The molecule has 0 rings (SSSR count). The van der Waals surface area contributed by atoms with Crippen LogP contribution in [0.3, 0.4) is 0 Å². The molecule has 0 unspecified atom stereocenters. The van der Waals surface area contributed by atoms with E-state index in [1.807, 2.05) is 0 Å². The number of alkyl carbamates (subject to hydrolysis) is 1. The number of nitrogens with two attached hydrogens (primary N) is 1. The predicted octanol–water partition coefficient (Wildman–Crippen LogP) is 0.113. The number of methoxy groups -OCH3 is 3. The maximum Gasteiger partial charge on any atom is 0.406 e. The highest BCUT2D eigenvalue weighted by atomic mass is 16.5. The quantitative estimate of drug-likeness (QED) is 0.623. The first-order valence-electron chi connectivity index (χ1n) is 5.16. The molecule has 0 aliphatic heterocycles. The first-order valence-corrected chi connectivity index (χ1v) is 5.16. The SMILES string of the molecule is COCCC(N)(CCOC)CNC(=O)OC. The smallest absolute Gasteiger partial charge is 0.406 e. The van der Waals surface area contributed by atoms with Crippen molar-refractivity contribution >= 4 is 6.09 Å². The molecule has 0 bridgehead atoms. The Morgan fingerprint density at radius 1 is 1.19 bits per heavy atom. The highest BCUT2D eigenvalue weighted by Gasteiger charge is 2.25. The Balaban J connectivity index is 4.11. The van der Waals surface area contributed by atoms with Crippen molar-refractivity contribution in [2.45, 2.75) is 18.4 Å². The Labute approximate surface area is 96.4 Å². The van der Waals surface area contributed by atoms with E-state index in [0.29, 0.717) is 32.6 Å². The van der Waals surface area contributed by atoms with Crippen LogP contribution in [-0.4, -0.2) is 52.7 Å². The highest BCUT2D eigenvalue weighted by Crippen LogP contribution is 2.11. The number of ether oxygens (including phenoxy) is 3. The van der Waals surface area contributed by atoms with Crippen LogP contribution in [0.2, 0.25) is 0 Å². The van der Waals surface area contributed by atoms with Gasteiger partial charge in [0.2, 0.25) is 0 Å². The normalized spacial score (nSPS) is 11.2. The van der Waals surface area contributed by atoms with Gasteiger partial charge in [-0.25, -0.2) is 4.79 Å². The fourth-order valence-electron chi connectivity index (χ4n) is 1.23. The Morgan fingerprint density at radius 2 is 1.69 bits per heavy atom. The van der Waals surface area contributed by atoms with Gasteiger partial charge in [0.1, 0.15) is 0 Å². The van der Waals surface area contributed by atoms with Crippen LogP contribution in [0.25, 0.3) is 0 Å². The summed E-state index contributed by atoms with van der Waals surface area (Å²) in [6.07, 6.45) is 0.818. The van der Waals surface area contributed by atoms with Crippen molar-refractivity contribution in [1.29, 1.82) is 0 Å². The van der Waals surface area contributed by atoms with Crippen LogP contribution in [0.1, 0.15) is 12.8 Å². The van der Waals surface area contributed by atoms with Crippen molar-refractivity contribution < 1.29 is 19.0 Å². The van der Waals surface area contributed by atoms with Crippen LogP contribution < -0.4 is 11.1 Å². The third-order valence-corrected chi connectivity index (χ3v) is 2.38. The number of carbonyl (C=O) groups excluding carboxylic acids is 1. The van der Waals surface area contributed by atoms with E-state index < -0.39 is 11.6 Å². The molecule has 16 heavy (non-hydrogen) atoms. The zero-order valence-electron chi connectivity index (χ0n) is 10.2. The topological polar surface area (TPSA) is 82.8 Å². The maximum atomic E-state index is 11.0. The van der Waals surface area contributed by atoms with Gasteiger partial charge < -0.3 is 25.3 Å². The summed E-state index contributed by atoms with van der Waals surface area (Å²) < 4.78 is 14.5. The third kappa shape index (κ3) is 6.60. The summed E-state index contributed by atoms with van der Waals surface area (Å²) in [5, 5.41) is 2.59. The molecule has 0 aromatic carbocycles. The summed E-state index contributed by atoms with van der Waals surface area (Å²) >= 11 is 0. The van der Waals surface area contributed by atoms with Crippen molar-refractivity contribution in [1.82, 2.24) is 5.32 Å². The highest BCUT2D eigenvalue weighted by molar-refractivity contribution is 5.66. The van der Waals surface area contributed by atoms with Crippen molar-refractivity contribution in [3.8, 4) is 0 Å². The molecule has 0 aliphatic carbocycles. The van der Waals surface area contributed by atoms with E-state index in [0.717, 1.165) is 0 Å². The first-order chi connectivity index (χ1) is 7.58. The molecular weight excluding hydrogens is 212 g/mol. The average molecular weight is 234 g/mol. The van der Waals surface area contributed by atoms with Crippen molar-refractivity contribution in [2.75, 3.05) is 41.1 Å². The summed E-state index contributed by atoms with van der Waals surface area (Å²) in [5.41, 5.74) is 5.62. The average Bonchev–Trinajstić information content (AvgIpc) is 2.31. The first kappa shape index (κ1) is 15.2. The van der Waals surface area contributed by atoms with Gasteiger partial charge in [-0.1, -0.05) is 0 Å². The number of nitrogens with one attached hydrogen (secondary N) is 1.